The Bertz CT molecular complexity index is 423. The van der Waals surface area contributed by atoms with Crippen LogP contribution in [0.15, 0.2) is 6.20 Å². The van der Waals surface area contributed by atoms with Crippen LogP contribution in [0.2, 0.25) is 0 Å². The number of aromatic nitrogens is 2. The number of H-pyrrole nitrogens is 1. The highest BCUT2D eigenvalue weighted by Crippen LogP contribution is 2.10. The second-order valence-corrected chi connectivity index (χ2v) is 6.33. The van der Waals surface area contributed by atoms with Crippen molar-refractivity contribution in [3.8, 4) is 0 Å². The van der Waals surface area contributed by atoms with E-state index >= 15 is 0 Å². The van der Waals surface area contributed by atoms with Gasteiger partial charge in [0.2, 0.25) is 5.91 Å². The van der Waals surface area contributed by atoms with Crippen LogP contribution >= 0.6 is 12.4 Å². The number of imidazole rings is 1. The summed E-state index contributed by atoms with van der Waals surface area (Å²) in [5, 5.41) is 2.98. The van der Waals surface area contributed by atoms with Gasteiger partial charge in [0.15, 0.2) is 5.95 Å². The van der Waals surface area contributed by atoms with E-state index in [2.05, 4.69) is 22.2 Å². The monoisotopic (exact) mass is 358 g/mol. The molecular formula is C18H35ClN4O. The highest BCUT2D eigenvalue weighted by Gasteiger charge is 2.02. The lowest BCUT2D eigenvalue weighted by atomic mass is 10.1. The molecule has 5 nitrogen and oxygen atoms in total. The van der Waals surface area contributed by atoms with Crippen molar-refractivity contribution < 1.29 is 4.79 Å². The summed E-state index contributed by atoms with van der Waals surface area (Å²) in [6, 6.07) is 0. The van der Waals surface area contributed by atoms with Crippen LogP contribution in [0.3, 0.4) is 0 Å². The number of carbonyl (C=O) groups excluding carboxylic acids is 1. The molecule has 0 fully saturated rings. The van der Waals surface area contributed by atoms with Gasteiger partial charge in [-0.05, 0) is 19.3 Å². The molecule has 0 aliphatic carbocycles. The molecule has 0 aliphatic heterocycles. The first-order valence-electron chi connectivity index (χ1n) is 9.28. The Morgan fingerprint density at radius 1 is 1.08 bits per heavy atom. The van der Waals surface area contributed by atoms with Crippen LogP contribution in [0, 0.1) is 0 Å². The number of rotatable bonds is 14. The summed E-state index contributed by atoms with van der Waals surface area (Å²) in [7, 11) is 0. The predicted molar refractivity (Wildman–Crippen MR) is 103 cm³/mol. The molecule has 1 heterocycles. The fourth-order valence-electron chi connectivity index (χ4n) is 2.69. The third kappa shape index (κ3) is 12.2. The summed E-state index contributed by atoms with van der Waals surface area (Å²) in [5.41, 5.74) is 6.54. The van der Waals surface area contributed by atoms with Gasteiger partial charge in [-0.1, -0.05) is 58.3 Å². The van der Waals surface area contributed by atoms with Gasteiger partial charge in [-0.25, -0.2) is 4.98 Å². The van der Waals surface area contributed by atoms with Gasteiger partial charge < -0.3 is 16.0 Å². The van der Waals surface area contributed by atoms with Crippen LogP contribution < -0.4 is 11.1 Å². The summed E-state index contributed by atoms with van der Waals surface area (Å²) < 4.78 is 0. The number of hydrogen-bond acceptors (Lipinski definition) is 3. The fraction of sp³-hybridized carbons (Fsp3) is 0.778. The Balaban J connectivity index is 0.00000529. The minimum absolute atomic E-state index is 0. The number of halogens is 1. The SMILES string of the molecule is CCCCCCCCCCCC(=O)NCCCc1cnc(N)[nH]1.Cl. The van der Waals surface area contributed by atoms with Crippen LogP contribution in [0.25, 0.3) is 0 Å². The van der Waals surface area contributed by atoms with Gasteiger partial charge in [-0.3, -0.25) is 4.79 Å². The largest absolute Gasteiger partial charge is 0.369 e. The van der Waals surface area contributed by atoms with Gasteiger partial charge in [0, 0.05) is 18.7 Å². The number of aromatic amines is 1. The van der Waals surface area contributed by atoms with Crippen LogP contribution in [0.1, 0.15) is 83.2 Å². The summed E-state index contributed by atoms with van der Waals surface area (Å²) in [5.74, 6) is 0.631. The normalized spacial score (nSPS) is 10.4. The zero-order valence-electron chi connectivity index (χ0n) is 15.1. The van der Waals surface area contributed by atoms with E-state index in [1.165, 1.54) is 51.4 Å². The van der Waals surface area contributed by atoms with E-state index in [9.17, 15) is 4.79 Å². The molecule has 140 valence electrons. The molecule has 4 N–H and O–H groups in total. The number of nitrogen functional groups attached to an aromatic ring is 1. The minimum Gasteiger partial charge on any atom is -0.369 e. The summed E-state index contributed by atoms with van der Waals surface area (Å²) in [6.07, 6.45) is 15.7. The molecule has 1 aromatic rings. The van der Waals surface area contributed by atoms with Crippen molar-refractivity contribution >= 4 is 24.3 Å². The Labute approximate surface area is 153 Å². The van der Waals surface area contributed by atoms with Crippen LogP contribution in [0.5, 0.6) is 0 Å². The van der Waals surface area contributed by atoms with Crippen molar-refractivity contribution in [1.29, 1.82) is 0 Å². The van der Waals surface area contributed by atoms with Crippen molar-refractivity contribution in [3.05, 3.63) is 11.9 Å². The molecule has 1 amide bonds. The third-order valence-electron chi connectivity index (χ3n) is 4.10. The van der Waals surface area contributed by atoms with Crippen molar-refractivity contribution in [2.45, 2.75) is 84.0 Å². The molecule has 6 heteroatoms. The number of carbonyl (C=O) groups is 1. The van der Waals surface area contributed by atoms with Crippen molar-refractivity contribution in [2.75, 3.05) is 12.3 Å². The lowest BCUT2D eigenvalue weighted by Crippen LogP contribution is -2.24. The first kappa shape index (κ1) is 22.8. The minimum atomic E-state index is 0. The molecule has 0 aliphatic rings. The topological polar surface area (TPSA) is 83.8 Å². The van der Waals surface area contributed by atoms with Gasteiger partial charge in [0.1, 0.15) is 0 Å². The second-order valence-electron chi connectivity index (χ2n) is 6.33. The molecule has 0 aromatic carbocycles. The van der Waals surface area contributed by atoms with Gasteiger partial charge in [0.25, 0.3) is 0 Å². The average molecular weight is 359 g/mol. The first-order chi connectivity index (χ1) is 11.2. The maximum absolute atomic E-state index is 11.7. The van der Waals surface area contributed by atoms with E-state index in [4.69, 9.17) is 5.73 Å². The standard InChI is InChI=1S/C18H34N4O.ClH/c1-2-3-4-5-6-7-8-9-10-13-17(23)20-14-11-12-16-15-21-18(19)22-16;/h15H,2-14H2,1H3,(H,20,23)(H3,19,21,22);1H. The molecule has 0 radical (unpaired) electrons. The molecule has 0 bridgehead atoms. The summed E-state index contributed by atoms with van der Waals surface area (Å²) in [4.78, 5) is 18.7. The summed E-state index contributed by atoms with van der Waals surface area (Å²) >= 11 is 0. The zero-order chi connectivity index (χ0) is 16.8. The molecule has 0 atom stereocenters. The van der Waals surface area contributed by atoms with Gasteiger partial charge in [-0.2, -0.15) is 0 Å². The van der Waals surface area contributed by atoms with Gasteiger partial charge in [0.05, 0.1) is 6.20 Å². The number of aryl methyl sites for hydroxylation is 1. The van der Waals surface area contributed by atoms with E-state index in [0.717, 1.165) is 31.5 Å². The number of nitrogens with two attached hydrogens (primary N) is 1. The van der Waals surface area contributed by atoms with E-state index in [-0.39, 0.29) is 18.3 Å². The number of amides is 1. The number of nitrogens with zero attached hydrogens (tertiary/aromatic N) is 1. The predicted octanol–water partition coefficient (Wildman–Crippen LogP) is 4.38. The maximum atomic E-state index is 11.7. The maximum Gasteiger partial charge on any atom is 0.219 e. The Morgan fingerprint density at radius 2 is 1.71 bits per heavy atom. The summed E-state index contributed by atoms with van der Waals surface area (Å²) in [6.45, 7) is 2.97. The Kier molecular flexibility index (Phi) is 14.5. The number of unbranched alkanes of at least 4 members (excludes halogenated alkanes) is 8. The quantitative estimate of drug-likeness (QED) is 0.431. The van der Waals surface area contributed by atoms with E-state index in [1.807, 2.05) is 0 Å². The molecule has 0 spiro atoms. The molecule has 0 unspecified atom stereocenters. The van der Waals surface area contributed by atoms with Crippen LogP contribution in [-0.2, 0) is 11.2 Å². The third-order valence-corrected chi connectivity index (χ3v) is 4.10. The highest BCUT2D eigenvalue weighted by molar-refractivity contribution is 5.85. The van der Waals surface area contributed by atoms with Crippen LogP contribution in [-0.4, -0.2) is 22.4 Å². The van der Waals surface area contributed by atoms with E-state index in [1.54, 1.807) is 6.20 Å². The number of anilines is 1. The Hall–Kier alpha value is -1.23. The van der Waals surface area contributed by atoms with Gasteiger partial charge in [-0.15, -0.1) is 12.4 Å². The van der Waals surface area contributed by atoms with Crippen molar-refractivity contribution in [1.82, 2.24) is 15.3 Å². The smallest absolute Gasteiger partial charge is 0.219 e. The fourth-order valence-corrected chi connectivity index (χ4v) is 2.69. The zero-order valence-corrected chi connectivity index (χ0v) is 15.9. The Morgan fingerprint density at radius 3 is 2.29 bits per heavy atom. The molecule has 0 saturated heterocycles. The van der Waals surface area contributed by atoms with Crippen molar-refractivity contribution in [3.63, 3.8) is 0 Å². The second kappa shape index (κ2) is 15.3. The van der Waals surface area contributed by atoms with Crippen molar-refractivity contribution in [2.24, 2.45) is 0 Å². The van der Waals surface area contributed by atoms with Gasteiger partial charge >= 0.3 is 0 Å². The number of nitrogens with one attached hydrogen (secondary N) is 2. The molecule has 24 heavy (non-hydrogen) atoms. The first-order valence-corrected chi connectivity index (χ1v) is 9.28. The number of hydrogen-bond donors (Lipinski definition) is 3. The molecule has 0 saturated carbocycles. The molecule has 1 aromatic heterocycles. The highest BCUT2D eigenvalue weighted by atomic mass is 35.5. The average Bonchev–Trinajstić information content (AvgIpc) is 2.95. The van der Waals surface area contributed by atoms with E-state index < -0.39 is 0 Å². The lowest BCUT2D eigenvalue weighted by Gasteiger charge is -2.05. The van der Waals surface area contributed by atoms with E-state index in [0.29, 0.717) is 12.4 Å². The van der Waals surface area contributed by atoms with Crippen LogP contribution in [0.4, 0.5) is 5.95 Å². The lowest BCUT2D eigenvalue weighted by molar-refractivity contribution is -0.121. The molecule has 1 rings (SSSR count). The molecular weight excluding hydrogens is 324 g/mol.